The Morgan fingerprint density at radius 2 is 1.60 bits per heavy atom. The van der Waals surface area contributed by atoms with Crippen LogP contribution in [-0.2, 0) is 4.79 Å². The molecule has 1 nitrogen and oxygen atoms in total. The Labute approximate surface area is 61.1 Å². The molecule has 1 saturated carbocycles. The molecule has 0 bridgehead atoms. The molecule has 0 saturated heterocycles. The number of rotatable bonds is 0. The third-order valence-corrected chi connectivity index (χ3v) is 2.69. The average molecular weight is 136 g/mol. The van der Waals surface area contributed by atoms with Crippen LogP contribution in [0, 0.1) is 11.8 Å². The number of ketones is 1. The van der Waals surface area contributed by atoms with Crippen molar-refractivity contribution in [1.82, 2.24) is 0 Å². The van der Waals surface area contributed by atoms with Crippen molar-refractivity contribution in [2.75, 3.05) is 0 Å². The maximum Gasteiger partial charge on any atom is 0.133 e. The number of hydrogen-bond acceptors (Lipinski definition) is 1. The van der Waals surface area contributed by atoms with Gasteiger partial charge in [-0.3, -0.25) is 4.79 Å². The van der Waals surface area contributed by atoms with Gasteiger partial charge in [0.05, 0.1) is 0 Å². The van der Waals surface area contributed by atoms with E-state index in [1.807, 2.05) is 0 Å². The second-order valence-corrected chi connectivity index (χ2v) is 3.41. The average Bonchev–Trinajstić information content (AvgIpc) is 2.27. The second kappa shape index (κ2) is 2.22. The molecule has 2 aliphatic carbocycles. The van der Waals surface area contributed by atoms with Crippen LogP contribution >= 0.6 is 0 Å². The molecule has 0 aromatic rings. The van der Waals surface area contributed by atoms with Crippen LogP contribution in [0.2, 0.25) is 0 Å². The lowest BCUT2D eigenvalue weighted by Gasteiger charge is -2.18. The standard InChI is InChI=1S/C9H12O/c10-9-5-7-3-1-2-4-8(7)6-9/h1-2,7-8H,3-6H2/t7-,8+. The lowest BCUT2D eigenvalue weighted by Crippen LogP contribution is -2.08. The number of allylic oxidation sites excluding steroid dienone is 2. The number of carbonyl (C=O) groups excluding carboxylic acids is 1. The SMILES string of the molecule is O=C1C[C@H]2CC=CC[C@H]2C1. The van der Waals surface area contributed by atoms with Gasteiger partial charge in [0.2, 0.25) is 0 Å². The van der Waals surface area contributed by atoms with Gasteiger partial charge in [-0.2, -0.15) is 0 Å². The highest BCUT2D eigenvalue weighted by Crippen LogP contribution is 2.37. The van der Waals surface area contributed by atoms with E-state index in [9.17, 15) is 4.79 Å². The van der Waals surface area contributed by atoms with Crippen LogP contribution in [0.25, 0.3) is 0 Å². The summed E-state index contributed by atoms with van der Waals surface area (Å²) in [6.07, 6.45) is 8.45. The summed E-state index contributed by atoms with van der Waals surface area (Å²) in [4.78, 5) is 11.0. The van der Waals surface area contributed by atoms with Gasteiger partial charge in [0.25, 0.3) is 0 Å². The molecule has 10 heavy (non-hydrogen) atoms. The van der Waals surface area contributed by atoms with Crippen molar-refractivity contribution in [3.05, 3.63) is 12.2 Å². The lowest BCUT2D eigenvalue weighted by atomic mass is 9.86. The summed E-state index contributed by atoms with van der Waals surface area (Å²) in [7, 11) is 0. The van der Waals surface area contributed by atoms with Gasteiger partial charge in [-0.15, -0.1) is 0 Å². The Bertz CT molecular complexity index is 163. The molecule has 2 atom stereocenters. The van der Waals surface area contributed by atoms with Gasteiger partial charge in [0, 0.05) is 12.8 Å². The van der Waals surface area contributed by atoms with Gasteiger partial charge < -0.3 is 0 Å². The minimum absolute atomic E-state index is 0.485. The third kappa shape index (κ3) is 0.898. The van der Waals surface area contributed by atoms with E-state index in [-0.39, 0.29) is 0 Å². The van der Waals surface area contributed by atoms with Crippen LogP contribution in [0.5, 0.6) is 0 Å². The Morgan fingerprint density at radius 1 is 1.10 bits per heavy atom. The molecule has 0 unspecified atom stereocenters. The molecule has 54 valence electrons. The fourth-order valence-corrected chi connectivity index (χ4v) is 2.10. The first kappa shape index (κ1) is 6.14. The fourth-order valence-electron chi connectivity index (χ4n) is 2.10. The van der Waals surface area contributed by atoms with E-state index >= 15 is 0 Å². The van der Waals surface area contributed by atoms with E-state index in [1.54, 1.807) is 0 Å². The monoisotopic (exact) mass is 136 g/mol. The second-order valence-electron chi connectivity index (χ2n) is 3.41. The Morgan fingerprint density at radius 3 is 2.10 bits per heavy atom. The topological polar surface area (TPSA) is 17.1 Å². The molecule has 1 fully saturated rings. The molecule has 0 aromatic carbocycles. The zero-order valence-electron chi connectivity index (χ0n) is 6.05. The van der Waals surface area contributed by atoms with Crippen molar-refractivity contribution in [1.29, 1.82) is 0 Å². The van der Waals surface area contributed by atoms with E-state index < -0.39 is 0 Å². The number of hydrogen-bond donors (Lipinski definition) is 0. The highest BCUT2D eigenvalue weighted by Gasteiger charge is 2.32. The molecule has 2 aliphatic rings. The summed E-state index contributed by atoms with van der Waals surface area (Å²) >= 11 is 0. The summed E-state index contributed by atoms with van der Waals surface area (Å²) in [5, 5.41) is 0. The zero-order chi connectivity index (χ0) is 6.97. The largest absolute Gasteiger partial charge is 0.300 e. The van der Waals surface area contributed by atoms with Crippen molar-refractivity contribution >= 4 is 5.78 Å². The summed E-state index contributed by atoms with van der Waals surface area (Å²) in [5.41, 5.74) is 0. The molecule has 0 radical (unpaired) electrons. The number of Topliss-reactive ketones (excluding diaryl/α,β-unsaturated/α-hetero) is 1. The van der Waals surface area contributed by atoms with Crippen molar-refractivity contribution in [2.24, 2.45) is 11.8 Å². The molecule has 0 aliphatic heterocycles. The van der Waals surface area contributed by atoms with E-state index in [0.717, 1.165) is 25.7 Å². The maximum absolute atomic E-state index is 11.0. The summed E-state index contributed by atoms with van der Waals surface area (Å²) < 4.78 is 0. The van der Waals surface area contributed by atoms with Crippen molar-refractivity contribution in [3.63, 3.8) is 0 Å². The smallest absolute Gasteiger partial charge is 0.133 e. The molecular formula is C9H12O. The first-order valence-electron chi connectivity index (χ1n) is 4.03. The number of fused-ring (bicyclic) bond motifs is 1. The summed E-state index contributed by atoms with van der Waals surface area (Å²) in [6, 6.07) is 0. The fraction of sp³-hybridized carbons (Fsp3) is 0.667. The quantitative estimate of drug-likeness (QED) is 0.465. The molecule has 0 spiro atoms. The Hall–Kier alpha value is -0.590. The normalized spacial score (nSPS) is 38.2. The minimum Gasteiger partial charge on any atom is -0.300 e. The Kier molecular flexibility index (Phi) is 1.37. The zero-order valence-corrected chi connectivity index (χ0v) is 6.05. The van der Waals surface area contributed by atoms with Crippen LogP contribution in [0.4, 0.5) is 0 Å². The maximum atomic E-state index is 11.0. The van der Waals surface area contributed by atoms with Crippen LogP contribution in [0.3, 0.4) is 0 Å². The highest BCUT2D eigenvalue weighted by atomic mass is 16.1. The van der Waals surface area contributed by atoms with E-state index in [4.69, 9.17) is 0 Å². The van der Waals surface area contributed by atoms with Crippen LogP contribution in [0.1, 0.15) is 25.7 Å². The van der Waals surface area contributed by atoms with Gasteiger partial charge in [-0.25, -0.2) is 0 Å². The van der Waals surface area contributed by atoms with E-state index in [2.05, 4.69) is 12.2 Å². The van der Waals surface area contributed by atoms with E-state index in [1.165, 1.54) is 0 Å². The first-order chi connectivity index (χ1) is 4.86. The number of carbonyl (C=O) groups is 1. The molecule has 0 N–H and O–H groups in total. The van der Waals surface area contributed by atoms with Gasteiger partial charge in [-0.1, -0.05) is 12.2 Å². The molecule has 0 aromatic heterocycles. The van der Waals surface area contributed by atoms with Gasteiger partial charge >= 0.3 is 0 Å². The minimum atomic E-state index is 0.485. The van der Waals surface area contributed by atoms with Gasteiger partial charge in [0.15, 0.2) is 0 Å². The van der Waals surface area contributed by atoms with Gasteiger partial charge in [-0.05, 0) is 24.7 Å². The van der Waals surface area contributed by atoms with E-state index in [0.29, 0.717) is 17.6 Å². The first-order valence-corrected chi connectivity index (χ1v) is 4.03. The predicted molar refractivity (Wildman–Crippen MR) is 39.6 cm³/mol. The van der Waals surface area contributed by atoms with Crippen LogP contribution < -0.4 is 0 Å². The molecule has 0 heterocycles. The van der Waals surface area contributed by atoms with Crippen LogP contribution in [0.15, 0.2) is 12.2 Å². The van der Waals surface area contributed by atoms with Crippen LogP contribution in [-0.4, -0.2) is 5.78 Å². The molecule has 2 rings (SSSR count). The third-order valence-electron chi connectivity index (χ3n) is 2.69. The Balaban J connectivity index is 2.11. The summed E-state index contributed by atoms with van der Waals surface area (Å²) in [5.74, 6) is 1.90. The molecule has 1 heteroatoms. The molecule has 0 amide bonds. The van der Waals surface area contributed by atoms with Gasteiger partial charge in [0.1, 0.15) is 5.78 Å². The highest BCUT2D eigenvalue weighted by molar-refractivity contribution is 5.81. The van der Waals surface area contributed by atoms with Crippen molar-refractivity contribution < 1.29 is 4.79 Å². The summed E-state index contributed by atoms with van der Waals surface area (Å²) in [6.45, 7) is 0. The predicted octanol–water partition coefficient (Wildman–Crippen LogP) is 1.93. The van der Waals surface area contributed by atoms with Crippen molar-refractivity contribution in [3.8, 4) is 0 Å². The van der Waals surface area contributed by atoms with Crippen molar-refractivity contribution in [2.45, 2.75) is 25.7 Å². The lowest BCUT2D eigenvalue weighted by molar-refractivity contribution is -0.117. The molecular weight excluding hydrogens is 124 g/mol.